The zero-order valence-electron chi connectivity index (χ0n) is 15.7. The lowest BCUT2D eigenvalue weighted by atomic mass is 9.90. The van der Waals surface area contributed by atoms with E-state index in [1.165, 1.54) is 12.1 Å². The SMILES string of the molecule is O=C(CN1CC2CCC(CC1=O)N2)N1CCC(Cc2ccc(F)cc2)CC1. The Labute approximate surface area is 159 Å². The highest BCUT2D eigenvalue weighted by atomic mass is 19.1. The summed E-state index contributed by atoms with van der Waals surface area (Å²) in [4.78, 5) is 28.8. The molecule has 0 spiro atoms. The Hall–Kier alpha value is -1.95. The summed E-state index contributed by atoms with van der Waals surface area (Å²) in [5.74, 6) is 0.500. The molecule has 0 radical (unpaired) electrons. The van der Waals surface area contributed by atoms with E-state index in [9.17, 15) is 14.0 Å². The van der Waals surface area contributed by atoms with Gasteiger partial charge >= 0.3 is 0 Å². The van der Waals surface area contributed by atoms with Crippen molar-refractivity contribution in [3.63, 3.8) is 0 Å². The van der Waals surface area contributed by atoms with Crippen molar-refractivity contribution in [3.8, 4) is 0 Å². The number of hydrogen-bond donors (Lipinski definition) is 1. The number of hydrogen-bond acceptors (Lipinski definition) is 3. The fraction of sp³-hybridized carbons (Fsp3) is 0.619. The third kappa shape index (κ3) is 4.49. The molecule has 0 aromatic heterocycles. The van der Waals surface area contributed by atoms with Gasteiger partial charge in [0.05, 0.1) is 6.54 Å². The zero-order valence-corrected chi connectivity index (χ0v) is 15.7. The van der Waals surface area contributed by atoms with Crippen LogP contribution >= 0.6 is 0 Å². The number of benzene rings is 1. The molecule has 2 bridgehead atoms. The van der Waals surface area contributed by atoms with Gasteiger partial charge in [0.2, 0.25) is 11.8 Å². The number of amides is 2. The number of halogens is 1. The van der Waals surface area contributed by atoms with Crippen LogP contribution in [0.5, 0.6) is 0 Å². The number of nitrogens with zero attached hydrogens (tertiary/aromatic N) is 2. The molecule has 27 heavy (non-hydrogen) atoms. The highest BCUT2D eigenvalue weighted by Crippen LogP contribution is 2.24. The van der Waals surface area contributed by atoms with Crippen molar-refractivity contribution >= 4 is 11.8 Å². The average molecular weight is 373 g/mol. The number of carbonyl (C=O) groups is 2. The van der Waals surface area contributed by atoms with Crippen molar-refractivity contribution in [1.29, 1.82) is 0 Å². The highest BCUT2D eigenvalue weighted by Gasteiger charge is 2.35. The maximum Gasteiger partial charge on any atom is 0.242 e. The number of nitrogens with one attached hydrogen (secondary N) is 1. The van der Waals surface area contributed by atoms with Crippen LogP contribution < -0.4 is 5.32 Å². The van der Waals surface area contributed by atoms with Gasteiger partial charge in [0.15, 0.2) is 0 Å². The number of fused-ring (bicyclic) bond motifs is 2. The minimum atomic E-state index is -0.203. The lowest BCUT2D eigenvalue weighted by Gasteiger charge is -2.34. The minimum absolute atomic E-state index is 0.0707. The lowest BCUT2D eigenvalue weighted by Crippen LogP contribution is -2.47. The summed E-state index contributed by atoms with van der Waals surface area (Å²) >= 11 is 0. The van der Waals surface area contributed by atoms with Gasteiger partial charge in [0.1, 0.15) is 5.82 Å². The fourth-order valence-corrected chi connectivity index (χ4v) is 4.67. The van der Waals surface area contributed by atoms with Crippen LogP contribution in [0.4, 0.5) is 4.39 Å². The van der Waals surface area contributed by atoms with Gasteiger partial charge < -0.3 is 15.1 Å². The third-order valence-electron chi connectivity index (χ3n) is 6.28. The number of rotatable bonds is 4. The van der Waals surface area contributed by atoms with Gasteiger partial charge in [0.25, 0.3) is 0 Å². The van der Waals surface area contributed by atoms with Gasteiger partial charge in [-0.15, -0.1) is 0 Å². The molecule has 146 valence electrons. The highest BCUT2D eigenvalue weighted by molar-refractivity contribution is 5.85. The summed E-state index contributed by atoms with van der Waals surface area (Å²) in [6, 6.07) is 7.35. The molecule has 3 fully saturated rings. The maximum absolute atomic E-state index is 13.0. The molecule has 3 saturated heterocycles. The first-order chi connectivity index (χ1) is 13.1. The summed E-state index contributed by atoms with van der Waals surface area (Å²) in [5, 5.41) is 3.49. The Morgan fingerprint density at radius 3 is 2.52 bits per heavy atom. The molecule has 6 heteroatoms. The first kappa shape index (κ1) is 18.4. The second-order valence-corrected chi connectivity index (χ2v) is 8.27. The summed E-state index contributed by atoms with van der Waals surface area (Å²) in [6.07, 6.45) is 5.54. The van der Waals surface area contributed by atoms with E-state index in [2.05, 4.69) is 5.32 Å². The Balaban J connectivity index is 1.26. The van der Waals surface area contributed by atoms with Gasteiger partial charge in [-0.05, 0) is 55.7 Å². The van der Waals surface area contributed by atoms with Gasteiger partial charge in [-0.25, -0.2) is 4.39 Å². The van der Waals surface area contributed by atoms with Gasteiger partial charge in [-0.1, -0.05) is 12.1 Å². The van der Waals surface area contributed by atoms with Crippen LogP contribution in [0.15, 0.2) is 24.3 Å². The molecule has 1 N–H and O–H groups in total. The summed E-state index contributed by atoms with van der Waals surface area (Å²) in [6.45, 7) is 2.36. The van der Waals surface area contributed by atoms with Crippen molar-refractivity contribution in [2.24, 2.45) is 5.92 Å². The molecule has 3 aliphatic rings. The molecule has 2 atom stereocenters. The predicted octanol–water partition coefficient (Wildman–Crippen LogP) is 1.96. The molecule has 1 aromatic carbocycles. The molecule has 4 rings (SSSR count). The maximum atomic E-state index is 13.0. The first-order valence-electron chi connectivity index (χ1n) is 10.1. The Bertz CT molecular complexity index is 685. The Kier molecular flexibility index (Phi) is 5.43. The molecule has 2 unspecified atom stereocenters. The second kappa shape index (κ2) is 7.97. The molecular formula is C21H28FN3O2. The van der Waals surface area contributed by atoms with Crippen molar-refractivity contribution < 1.29 is 14.0 Å². The number of piperidine rings is 1. The quantitative estimate of drug-likeness (QED) is 0.878. The molecule has 3 heterocycles. The number of carbonyl (C=O) groups excluding carboxylic acids is 2. The van der Waals surface area contributed by atoms with Crippen molar-refractivity contribution in [2.45, 2.75) is 50.6 Å². The van der Waals surface area contributed by atoms with Crippen LogP contribution in [-0.2, 0) is 16.0 Å². The fourth-order valence-electron chi connectivity index (χ4n) is 4.67. The van der Waals surface area contributed by atoms with Crippen LogP contribution in [0.25, 0.3) is 0 Å². The van der Waals surface area contributed by atoms with Gasteiger partial charge in [0, 0.05) is 38.1 Å². The first-order valence-corrected chi connectivity index (χ1v) is 10.1. The van der Waals surface area contributed by atoms with Crippen molar-refractivity contribution in [1.82, 2.24) is 15.1 Å². The number of likely N-dealkylation sites (tertiary alicyclic amines) is 2. The van der Waals surface area contributed by atoms with Crippen LogP contribution in [0.2, 0.25) is 0 Å². The van der Waals surface area contributed by atoms with E-state index >= 15 is 0 Å². The Morgan fingerprint density at radius 1 is 1.07 bits per heavy atom. The van der Waals surface area contributed by atoms with E-state index < -0.39 is 0 Å². The van der Waals surface area contributed by atoms with Crippen molar-refractivity contribution in [3.05, 3.63) is 35.6 Å². The zero-order chi connectivity index (χ0) is 18.8. The second-order valence-electron chi connectivity index (χ2n) is 8.27. The van der Waals surface area contributed by atoms with E-state index in [1.54, 1.807) is 4.90 Å². The van der Waals surface area contributed by atoms with Crippen LogP contribution in [0, 0.1) is 11.7 Å². The van der Waals surface area contributed by atoms with Crippen LogP contribution in [0.1, 0.15) is 37.7 Å². The predicted molar refractivity (Wildman–Crippen MR) is 101 cm³/mol. The monoisotopic (exact) mass is 373 g/mol. The molecule has 0 saturated carbocycles. The van der Waals surface area contributed by atoms with Crippen LogP contribution in [-0.4, -0.2) is 59.9 Å². The van der Waals surface area contributed by atoms with E-state index in [0.717, 1.165) is 50.8 Å². The van der Waals surface area contributed by atoms with Crippen LogP contribution in [0.3, 0.4) is 0 Å². The molecule has 3 aliphatic heterocycles. The summed E-state index contributed by atoms with van der Waals surface area (Å²) < 4.78 is 13.0. The molecular weight excluding hydrogens is 345 g/mol. The smallest absolute Gasteiger partial charge is 0.242 e. The summed E-state index contributed by atoms with van der Waals surface area (Å²) in [5.41, 5.74) is 1.15. The van der Waals surface area contributed by atoms with E-state index in [1.807, 2.05) is 17.0 Å². The normalized spacial score (nSPS) is 26.3. The molecule has 0 aliphatic carbocycles. The van der Waals surface area contributed by atoms with Gasteiger partial charge in [-0.2, -0.15) is 0 Å². The third-order valence-corrected chi connectivity index (χ3v) is 6.28. The van der Waals surface area contributed by atoms with E-state index in [0.29, 0.717) is 31.0 Å². The summed E-state index contributed by atoms with van der Waals surface area (Å²) in [7, 11) is 0. The largest absolute Gasteiger partial charge is 0.341 e. The minimum Gasteiger partial charge on any atom is -0.341 e. The van der Waals surface area contributed by atoms with Crippen molar-refractivity contribution in [2.75, 3.05) is 26.2 Å². The molecule has 1 aromatic rings. The lowest BCUT2D eigenvalue weighted by molar-refractivity contribution is -0.141. The standard InChI is InChI=1S/C21H28FN3O2/c22-17-3-1-15(2-4-17)11-16-7-9-24(10-8-16)21(27)14-25-13-19-6-5-18(23-19)12-20(25)26/h1-4,16,18-19,23H,5-14H2. The van der Waals surface area contributed by atoms with E-state index in [4.69, 9.17) is 0 Å². The molecule has 5 nitrogen and oxygen atoms in total. The topological polar surface area (TPSA) is 52.7 Å². The van der Waals surface area contributed by atoms with E-state index in [-0.39, 0.29) is 24.2 Å². The Morgan fingerprint density at radius 2 is 1.78 bits per heavy atom. The average Bonchev–Trinajstić information content (AvgIpc) is 3.03. The van der Waals surface area contributed by atoms with Gasteiger partial charge in [-0.3, -0.25) is 9.59 Å². The molecule has 2 amide bonds.